The smallest absolute Gasteiger partial charge is 0.361 e. The minimum absolute atomic E-state index is 0.0614. The molecule has 2 atom stereocenters. The molecule has 330 valence electrons. The number of hydrogen-bond donors (Lipinski definition) is 3. The van der Waals surface area contributed by atoms with Crippen molar-refractivity contribution in [2.24, 2.45) is 0 Å². The molecular formula is C42H77N4O10P. The van der Waals surface area contributed by atoms with Crippen LogP contribution in [0.2, 0.25) is 0 Å². The maximum Gasteiger partial charge on any atom is 0.361 e. The summed E-state index contributed by atoms with van der Waals surface area (Å²) in [6, 6.07) is 6.28. The minimum atomic E-state index is -3.68. The van der Waals surface area contributed by atoms with E-state index < -0.39 is 44.6 Å². The van der Waals surface area contributed by atoms with E-state index in [1.165, 1.54) is 75.5 Å². The summed E-state index contributed by atoms with van der Waals surface area (Å²) in [6.45, 7) is 0.969. The topological polar surface area (TPSA) is 180 Å². The number of carbonyl (C=O) groups is 3. The fourth-order valence-electron chi connectivity index (χ4n) is 6.61. The normalized spacial score (nSPS) is 13.7. The molecule has 1 aromatic carbocycles. The van der Waals surface area contributed by atoms with Crippen molar-refractivity contribution in [2.45, 2.75) is 115 Å². The van der Waals surface area contributed by atoms with E-state index in [2.05, 4.69) is 0 Å². The summed E-state index contributed by atoms with van der Waals surface area (Å²) in [5.74, 6) is -3.41. The molecule has 57 heavy (non-hydrogen) atoms. The van der Waals surface area contributed by atoms with Gasteiger partial charge in [0, 0.05) is 25.7 Å². The van der Waals surface area contributed by atoms with Crippen molar-refractivity contribution < 1.29 is 52.9 Å². The maximum atomic E-state index is 14.3. The van der Waals surface area contributed by atoms with Gasteiger partial charge in [0.2, 0.25) is 0 Å². The van der Waals surface area contributed by atoms with Gasteiger partial charge in [-0.2, -0.15) is 0 Å². The Morgan fingerprint density at radius 2 is 1.11 bits per heavy atom. The molecule has 2 unspecified atom stereocenters. The SMILES string of the molecule is CN(C)CCN(CC(=O)O)CC(Cc1ccc(P(=O)(OCCCCCCCCCCCCCCCCCC[O-])OCC[N+](C)(C)C)cc1)N(CC(=O)O)CC(=O)O. The second kappa shape index (κ2) is 30.6. The Morgan fingerprint density at radius 1 is 0.667 bits per heavy atom. The van der Waals surface area contributed by atoms with Gasteiger partial charge in [0.1, 0.15) is 13.2 Å². The van der Waals surface area contributed by atoms with Crippen molar-refractivity contribution in [3.05, 3.63) is 29.8 Å². The van der Waals surface area contributed by atoms with E-state index in [0.29, 0.717) is 36.0 Å². The van der Waals surface area contributed by atoms with E-state index >= 15 is 0 Å². The molecule has 0 aromatic heterocycles. The number of nitrogens with zero attached hydrogens (tertiary/aromatic N) is 4. The highest BCUT2D eigenvalue weighted by Gasteiger charge is 2.30. The summed E-state index contributed by atoms with van der Waals surface area (Å²) in [5, 5.41) is 39.7. The average molecular weight is 829 g/mol. The van der Waals surface area contributed by atoms with Crippen molar-refractivity contribution in [1.82, 2.24) is 14.7 Å². The van der Waals surface area contributed by atoms with Crippen molar-refractivity contribution in [3.8, 4) is 0 Å². The number of unbranched alkanes of at least 4 members (excludes halogenated alkanes) is 15. The summed E-state index contributed by atoms with van der Waals surface area (Å²) in [6.07, 6.45) is 18.9. The standard InChI is InChI=1S/C42H77N4O10P/c1-43(2)26-27-44(34-40(48)49)33-38(45(35-41(50)51)36-42(52)53)32-37-22-24-39(25-23-37)57(54,56-31-28-46(3,4)5)55-30-21-19-17-15-13-11-9-7-6-8-10-12-14-16-18-20-29-47/h22-25,38H,6-21,26-36H2,1-5H3,(H,48,49)(H,50,51)(H,52,53). The van der Waals surface area contributed by atoms with Crippen molar-refractivity contribution in [2.75, 3.05) is 101 Å². The molecule has 0 aliphatic carbocycles. The number of likely N-dealkylation sites (N-methyl/N-ethyl adjacent to an activating group) is 2. The molecular weight excluding hydrogens is 751 g/mol. The summed E-state index contributed by atoms with van der Waals surface area (Å²) >= 11 is 0. The largest absolute Gasteiger partial charge is 0.854 e. The van der Waals surface area contributed by atoms with Gasteiger partial charge in [-0.15, -0.1) is 6.61 Å². The van der Waals surface area contributed by atoms with Gasteiger partial charge < -0.3 is 34.3 Å². The Labute approximate surface area is 343 Å². The predicted molar refractivity (Wildman–Crippen MR) is 224 cm³/mol. The number of hydrogen-bond acceptors (Lipinski definition) is 10. The molecule has 1 rings (SSSR count). The van der Waals surface area contributed by atoms with Gasteiger partial charge in [-0.1, -0.05) is 108 Å². The Morgan fingerprint density at radius 3 is 1.53 bits per heavy atom. The van der Waals surface area contributed by atoms with Gasteiger partial charge in [-0.25, -0.2) is 0 Å². The second-order valence-corrected chi connectivity index (χ2v) is 18.7. The van der Waals surface area contributed by atoms with Crippen LogP contribution >= 0.6 is 7.60 Å². The third kappa shape index (κ3) is 27.8. The van der Waals surface area contributed by atoms with Gasteiger partial charge in [-0.05, 0) is 44.6 Å². The number of rotatable bonds is 38. The Hall–Kier alpha value is -2.42. The fourth-order valence-corrected chi connectivity index (χ4v) is 8.19. The highest BCUT2D eigenvalue weighted by Crippen LogP contribution is 2.47. The lowest BCUT2D eigenvalue weighted by atomic mass is 10.0. The maximum absolute atomic E-state index is 14.3. The Balaban J connectivity index is 2.83. The van der Waals surface area contributed by atoms with Crippen LogP contribution in [0, 0.1) is 0 Å². The molecule has 14 nitrogen and oxygen atoms in total. The zero-order valence-corrected chi connectivity index (χ0v) is 36.8. The highest BCUT2D eigenvalue weighted by molar-refractivity contribution is 7.62. The number of carboxylic acids is 3. The third-order valence-electron chi connectivity index (χ3n) is 9.93. The van der Waals surface area contributed by atoms with Crippen LogP contribution in [0.1, 0.15) is 108 Å². The van der Waals surface area contributed by atoms with Crippen LogP contribution in [-0.4, -0.2) is 159 Å². The lowest BCUT2D eigenvalue weighted by Crippen LogP contribution is -2.50. The zero-order valence-electron chi connectivity index (χ0n) is 35.9. The minimum Gasteiger partial charge on any atom is -0.854 e. The van der Waals surface area contributed by atoms with Gasteiger partial charge in [-0.3, -0.25) is 33.3 Å². The lowest BCUT2D eigenvalue weighted by Gasteiger charge is -2.34. The summed E-state index contributed by atoms with van der Waals surface area (Å²) in [4.78, 5) is 40.2. The van der Waals surface area contributed by atoms with Crippen LogP contribution in [0.25, 0.3) is 0 Å². The first-order valence-corrected chi connectivity index (χ1v) is 22.7. The second-order valence-electron chi connectivity index (χ2n) is 16.7. The van der Waals surface area contributed by atoms with Crippen LogP contribution in [0.3, 0.4) is 0 Å². The third-order valence-corrected chi connectivity index (χ3v) is 11.9. The predicted octanol–water partition coefficient (Wildman–Crippen LogP) is 5.18. The van der Waals surface area contributed by atoms with Gasteiger partial charge >= 0.3 is 25.5 Å². The first-order valence-electron chi connectivity index (χ1n) is 21.2. The summed E-state index contributed by atoms with van der Waals surface area (Å²) in [7, 11) is 6.13. The summed E-state index contributed by atoms with van der Waals surface area (Å²) < 4.78 is 26.9. The molecule has 0 aliphatic rings. The highest BCUT2D eigenvalue weighted by atomic mass is 31.2. The monoisotopic (exact) mass is 829 g/mol. The number of aliphatic carboxylic acids is 3. The van der Waals surface area contributed by atoms with E-state index in [-0.39, 0.29) is 32.7 Å². The van der Waals surface area contributed by atoms with E-state index in [4.69, 9.17) is 9.05 Å². The van der Waals surface area contributed by atoms with Crippen LogP contribution in [-0.2, 0) is 34.4 Å². The van der Waals surface area contributed by atoms with E-state index in [0.717, 1.165) is 37.7 Å². The number of benzene rings is 1. The number of carboxylic acid groups (broad SMARTS) is 3. The fraction of sp³-hybridized carbons (Fsp3) is 0.786. The molecule has 15 heteroatoms. The van der Waals surface area contributed by atoms with Gasteiger partial charge in [0.05, 0.1) is 52.7 Å². The molecule has 0 aliphatic heterocycles. The molecule has 0 saturated heterocycles. The Bertz CT molecular complexity index is 1260. The lowest BCUT2D eigenvalue weighted by molar-refractivity contribution is -0.870. The van der Waals surface area contributed by atoms with Gasteiger partial charge in [0.15, 0.2) is 0 Å². The van der Waals surface area contributed by atoms with Crippen LogP contribution in [0.4, 0.5) is 0 Å². The Kier molecular flexibility index (Phi) is 28.2. The van der Waals surface area contributed by atoms with Crippen molar-refractivity contribution in [3.63, 3.8) is 0 Å². The zero-order chi connectivity index (χ0) is 42.5. The van der Waals surface area contributed by atoms with Gasteiger partial charge in [0.25, 0.3) is 0 Å². The molecule has 0 amide bonds. The van der Waals surface area contributed by atoms with Crippen molar-refractivity contribution in [1.29, 1.82) is 0 Å². The molecule has 0 radical (unpaired) electrons. The summed E-state index contributed by atoms with van der Waals surface area (Å²) in [5.41, 5.74) is 0.741. The first-order chi connectivity index (χ1) is 27.0. The number of quaternary nitrogens is 1. The van der Waals surface area contributed by atoms with Crippen molar-refractivity contribution >= 4 is 30.8 Å². The molecule has 0 spiro atoms. The first kappa shape index (κ1) is 52.6. The quantitative estimate of drug-likeness (QED) is 0.0452. The average Bonchev–Trinajstić information content (AvgIpc) is 3.12. The van der Waals surface area contributed by atoms with Crippen LogP contribution in [0.15, 0.2) is 24.3 Å². The molecule has 3 N–H and O–H groups in total. The molecule has 0 heterocycles. The van der Waals surface area contributed by atoms with E-state index in [1.807, 2.05) is 40.1 Å². The molecule has 0 saturated carbocycles. The molecule has 0 bridgehead atoms. The van der Waals surface area contributed by atoms with Crippen LogP contribution in [0.5, 0.6) is 0 Å². The van der Waals surface area contributed by atoms with E-state index in [1.54, 1.807) is 29.2 Å². The van der Waals surface area contributed by atoms with Crippen LogP contribution < -0.4 is 10.4 Å². The molecule has 0 fully saturated rings. The molecule has 1 aromatic rings. The van der Waals surface area contributed by atoms with E-state index in [9.17, 15) is 39.4 Å².